The molecule has 0 spiro atoms. The van der Waals surface area contributed by atoms with Crippen LogP contribution in [0, 0.1) is 11.7 Å². The topological polar surface area (TPSA) is 29.1 Å². The van der Waals surface area contributed by atoms with Crippen LogP contribution >= 0.6 is 15.9 Å². The second-order valence-electron chi connectivity index (χ2n) is 4.08. The average molecular weight is 286 g/mol. The van der Waals surface area contributed by atoms with Gasteiger partial charge < -0.3 is 5.32 Å². The van der Waals surface area contributed by atoms with Gasteiger partial charge in [-0.1, -0.05) is 18.9 Å². The van der Waals surface area contributed by atoms with Crippen LogP contribution in [0.5, 0.6) is 0 Å². The zero-order chi connectivity index (χ0) is 11.5. The first-order valence-corrected chi connectivity index (χ1v) is 6.20. The van der Waals surface area contributed by atoms with Crippen molar-refractivity contribution in [3.63, 3.8) is 0 Å². The van der Waals surface area contributed by atoms with Crippen molar-refractivity contribution in [1.82, 2.24) is 5.32 Å². The molecule has 0 bridgehead atoms. The van der Waals surface area contributed by atoms with E-state index in [1.165, 1.54) is 18.9 Å². The van der Waals surface area contributed by atoms with Crippen molar-refractivity contribution in [2.24, 2.45) is 5.92 Å². The molecular weight excluding hydrogens is 273 g/mol. The summed E-state index contributed by atoms with van der Waals surface area (Å²) in [6.45, 7) is 0.629. The number of hydrogen-bond acceptors (Lipinski definition) is 1. The molecular formula is C12H13BrFNO. The SMILES string of the molecule is O=C(NCCC1CC1)c1c(F)cccc1Br. The van der Waals surface area contributed by atoms with Crippen molar-refractivity contribution in [2.45, 2.75) is 19.3 Å². The first kappa shape index (κ1) is 11.6. The summed E-state index contributed by atoms with van der Waals surface area (Å²) in [5.74, 6) is -0.0618. The molecule has 0 aliphatic heterocycles. The average Bonchev–Trinajstić information content (AvgIpc) is 3.01. The molecule has 0 heterocycles. The van der Waals surface area contributed by atoms with Crippen LogP contribution in [0.1, 0.15) is 29.6 Å². The van der Waals surface area contributed by atoms with E-state index in [2.05, 4.69) is 21.2 Å². The fourth-order valence-electron chi connectivity index (χ4n) is 1.60. The lowest BCUT2D eigenvalue weighted by atomic mass is 10.2. The number of amides is 1. The first-order valence-electron chi connectivity index (χ1n) is 5.40. The summed E-state index contributed by atoms with van der Waals surface area (Å²) < 4.78 is 13.9. The van der Waals surface area contributed by atoms with E-state index in [9.17, 15) is 9.18 Å². The summed E-state index contributed by atoms with van der Waals surface area (Å²) in [5, 5.41) is 2.74. The summed E-state index contributed by atoms with van der Waals surface area (Å²) in [6, 6.07) is 4.53. The molecule has 16 heavy (non-hydrogen) atoms. The molecule has 4 heteroatoms. The van der Waals surface area contributed by atoms with Gasteiger partial charge in [0.2, 0.25) is 0 Å². The van der Waals surface area contributed by atoms with Gasteiger partial charge in [-0.3, -0.25) is 4.79 Å². The van der Waals surface area contributed by atoms with Gasteiger partial charge in [0.05, 0.1) is 5.56 Å². The fourth-order valence-corrected chi connectivity index (χ4v) is 2.12. The Morgan fingerprint density at radius 3 is 2.88 bits per heavy atom. The van der Waals surface area contributed by atoms with Crippen molar-refractivity contribution in [1.29, 1.82) is 0 Å². The van der Waals surface area contributed by atoms with E-state index in [0.717, 1.165) is 12.3 Å². The molecule has 0 unspecified atom stereocenters. The van der Waals surface area contributed by atoms with Crippen molar-refractivity contribution in [3.8, 4) is 0 Å². The number of nitrogens with one attached hydrogen (secondary N) is 1. The minimum Gasteiger partial charge on any atom is -0.352 e. The second-order valence-corrected chi connectivity index (χ2v) is 4.94. The molecule has 1 fully saturated rings. The van der Waals surface area contributed by atoms with Crippen molar-refractivity contribution < 1.29 is 9.18 Å². The summed E-state index contributed by atoms with van der Waals surface area (Å²) in [7, 11) is 0. The van der Waals surface area contributed by atoms with Crippen LogP contribution < -0.4 is 5.32 Å². The quantitative estimate of drug-likeness (QED) is 0.905. The lowest BCUT2D eigenvalue weighted by Crippen LogP contribution is -2.26. The van der Waals surface area contributed by atoms with E-state index < -0.39 is 5.82 Å². The lowest BCUT2D eigenvalue weighted by molar-refractivity contribution is 0.0948. The number of carbonyl (C=O) groups excluding carboxylic acids is 1. The Balaban J connectivity index is 1.96. The largest absolute Gasteiger partial charge is 0.352 e. The van der Waals surface area contributed by atoms with E-state index in [1.807, 2.05) is 0 Å². The molecule has 1 aliphatic carbocycles. The summed E-state index contributed by atoms with van der Waals surface area (Å²) in [6.07, 6.45) is 3.52. The predicted molar refractivity (Wildman–Crippen MR) is 63.8 cm³/mol. The van der Waals surface area contributed by atoms with E-state index in [1.54, 1.807) is 12.1 Å². The van der Waals surface area contributed by atoms with Gasteiger partial charge in [-0.05, 0) is 40.4 Å². The van der Waals surface area contributed by atoms with E-state index in [0.29, 0.717) is 11.0 Å². The molecule has 2 rings (SSSR count). The minimum absolute atomic E-state index is 0.0956. The van der Waals surface area contributed by atoms with Gasteiger partial charge in [-0.2, -0.15) is 0 Å². The summed E-state index contributed by atoms with van der Waals surface area (Å²) >= 11 is 3.18. The van der Waals surface area contributed by atoms with Gasteiger partial charge in [0.25, 0.3) is 5.91 Å². The Morgan fingerprint density at radius 1 is 1.50 bits per heavy atom. The van der Waals surface area contributed by atoms with Gasteiger partial charge in [-0.15, -0.1) is 0 Å². The Morgan fingerprint density at radius 2 is 2.25 bits per heavy atom. The number of carbonyl (C=O) groups is 1. The molecule has 1 aliphatic rings. The van der Waals surface area contributed by atoms with Gasteiger partial charge >= 0.3 is 0 Å². The van der Waals surface area contributed by atoms with E-state index >= 15 is 0 Å². The normalized spacial score (nSPS) is 14.9. The Bertz CT molecular complexity index is 384. The van der Waals surface area contributed by atoms with Gasteiger partial charge in [-0.25, -0.2) is 4.39 Å². The first-order chi connectivity index (χ1) is 7.68. The number of halogens is 2. The Kier molecular flexibility index (Phi) is 3.59. The van der Waals surface area contributed by atoms with Crippen LogP contribution in [0.4, 0.5) is 4.39 Å². The Hall–Kier alpha value is -0.900. The van der Waals surface area contributed by atoms with Crippen molar-refractivity contribution in [3.05, 3.63) is 34.1 Å². The highest BCUT2D eigenvalue weighted by Gasteiger charge is 2.21. The monoisotopic (exact) mass is 285 g/mol. The third kappa shape index (κ3) is 2.82. The second kappa shape index (κ2) is 4.95. The molecule has 1 aromatic carbocycles. The van der Waals surface area contributed by atoms with E-state index in [-0.39, 0.29) is 11.5 Å². The summed E-state index contributed by atoms with van der Waals surface area (Å²) in [5.41, 5.74) is 0.0956. The van der Waals surface area contributed by atoms with Gasteiger partial charge in [0.1, 0.15) is 5.82 Å². The Labute approximate surface area is 102 Å². The molecule has 0 aromatic heterocycles. The molecule has 2 nitrogen and oxygen atoms in total. The molecule has 86 valence electrons. The van der Waals surface area contributed by atoms with Gasteiger partial charge in [0.15, 0.2) is 0 Å². The molecule has 1 aromatic rings. The zero-order valence-corrected chi connectivity index (χ0v) is 10.4. The fraction of sp³-hybridized carbons (Fsp3) is 0.417. The third-order valence-electron chi connectivity index (χ3n) is 2.72. The van der Waals surface area contributed by atoms with Crippen LogP contribution in [-0.4, -0.2) is 12.5 Å². The molecule has 0 radical (unpaired) electrons. The minimum atomic E-state index is -0.488. The van der Waals surface area contributed by atoms with Crippen molar-refractivity contribution in [2.75, 3.05) is 6.54 Å². The lowest BCUT2D eigenvalue weighted by Gasteiger charge is -2.07. The highest BCUT2D eigenvalue weighted by molar-refractivity contribution is 9.10. The smallest absolute Gasteiger partial charge is 0.255 e. The number of hydrogen-bond donors (Lipinski definition) is 1. The number of benzene rings is 1. The maximum atomic E-state index is 13.4. The van der Waals surface area contributed by atoms with Crippen LogP contribution in [-0.2, 0) is 0 Å². The molecule has 1 saturated carbocycles. The third-order valence-corrected chi connectivity index (χ3v) is 3.39. The molecule has 1 amide bonds. The standard InChI is InChI=1S/C12H13BrFNO/c13-9-2-1-3-10(14)11(9)12(16)15-7-6-8-4-5-8/h1-3,8H,4-7H2,(H,15,16). The summed E-state index contributed by atoms with van der Waals surface area (Å²) in [4.78, 5) is 11.7. The zero-order valence-electron chi connectivity index (χ0n) is 8.80. The van der Waals surface area contributed by atoms with Gasteiger partial charge in [0, 0.05) is 11.0 Å². The van der Waals surface area contributed by atoms with Crippen LogP contribution in [0.2, 0.25) is 0 Å². The highest BCUT2D eigenvalue weighted by atomic mass is 79.9. The highest BCUT2D eigenvalue weighted by Crippen LogP contribution is 2.31. The van der Waals surface area contributed by atoms with Crippen molar-refractivity contribution >= 4 is 21.8 Å². The van der Waals surface area contributed by atoms with Crippen LogP contribution in [0.15, 0.2) is 22.7 Å². The molecule has 0 saturated heterocycles. The maximum Gasteiger partial charge on any atom is 0.255 e. The number of rotatable bonds is 4. The van der Waals surface area contributed by atoms with Crippen LogP contribution in [0.25, 0.3) is 0 Å². The van der Waals surface area contributed by atoms with E-state index in [4.69, 9.17) is 0 Å². The van der Waals surface area contributed by atoms with Crippen LogP contribution in [0.3, 0.4) is 0 Å². The molecule has 1 N–H and O–H groups in total. The maximum absolute atomic E-state index is 13.4. The predicted octanol–water partition coefficient (Wildman–Crippen LogP) is 3.12. The molecule has 0 atom stereocenters.